The van der Waals surface area contributed by atoms with E-state index < -0.39 is 0 Å². The van der Waals surface area contributed by atoms with E-state index in [1.54, 1.807) is 49.6 Å². The number of benzene rings is 1. The number of nitrogens with zero attached hydrogens (tertiary/aromatic N) is 2. The standard InChI is InChI=1S/C16H12ClN3O2/c1-10-14(15(20-22-10)11-5-4-8-18-9-11)16(21)19-13-7-3-2-6-12(13)17/h2-9H,1H3,(H,19,21). The monoisotopic (exact) mass is 313 g/mol. The van der Waals surface area contributed by atoms with E-state index in [0.717, 1.165) is 0 Å². The highest BCUT2D eigenvalue weighted by molar-refractivity contribution is 6.34. The Hall–Kier alpha value is -2.66. The highest BCUT2D eigenvalue weighted by Crippen LogP contribution is 2.27. The molecule has 22 heavy (non-hydrogen) atoms. The maximum absolute atomic E-state index is 12.6. The van der Waals surface area contributed by atoms with Gasteiger partial charge in [0.2, 0.25) is 0 Å². The van der Waals surface area contributed by atoms with E-state index in [9.17, 15) is 4.79 Å². The molecule has 110 valence electrons. The summed E-state index contributed by atoms with van der Waals surface area (Å²) in [6, 6.07) is 10.6. The van der Waals surface area contributed by atoms with Gasteiger partial charge in [-0.05, 0) is 31.2 Å². The Kier molecular flexibility index (Phi) is 3.89. The van der Waals surface area contributed by atoms with Gasteiger partial charge in [0.1, 0.15) is 17.0 Å². The average molecular weight is 314 g/mol. The minimum absolute atomic E-state index is 0.328. The van der Waals surface area contributed by atoms with Gasteiger partial charge >= 0.3 is 0 Å². The van der Waals surface area contributed by atoms with E-state index in [1.165, 1.54) is 0 Å². The van der Waals surface area contributed by atoms with Crippen LogP contribution in [0, 0.1) is 6.92 Å². The van der Waals surface area contributed by atoms with E-state index >= 15 is 0 Å². The summed E-state index contributed by atoms with van der Waals surface area (Å²) in [7, 11) is 0. The minimum Gasteiger partial charge on any atom is -0.360 e. The molecule has 2 heterocycles. The summed E-state index contributed by atoms with van der Waals surface area (Å²) < 4.78 is 5.17. The number of aromatic nitrogens is 2. The molecule has 0 spiro atoms. The van der Waals surface area contributed by atoms with Crippen LogP contribution in [0.5, 0.6) is 0 Å². The van der Waals surface area contributed by atoms with Gasteiger partial charge in [0.15, 0.2) is 0 Å². The van der Waals surface area contributed by atoms with Crippen LogP contribution in [-0.4, -0.2) is 16.0 Å². The summed E-state index contributed by atoms with van der Waals surface area (Å²) in [6.07, 6.45) is 3.28. The van der Waals surface area contributed by atoms with Crippen molar-refractivity contribution in [2.75, 3.05) is 5.32 Å². The number of hydrogen-bond acceptors (Lipinski definition) is 4. The van der Waals surface area contributed by atoms with Crippen LogP contribution in [0.4, 0.5) is 5.69 Å². The normalized spacial score (nSPS) is 10.5. The molecule has 0 aliphatic heterocycles. The van der Waals surface area contributed by atoms with Gasteiger partial charge in [-0.15, -0.1) is 0 Å². The van der Waals surface area contributed by atoms with Crippen molar-refractivity contribution in [1.82, 2.24) is 10.1 Å². The highest BCUT2D eigenvalue weighted by Gasteiger charge is 2.22. The molecule has 2 aromatic heterocycles. The molecular formula is C16H12ClN3O2. The van der Waals surface area contributed by atoms with Gasteiger partial charge in [0.25, 0.3) is 5.91 Å². The van der Waals surface area contributed by atoms with Gasteiger partial charge in [0, 0.05) is 18.0 Å². The molecule has 0 unspecified atom stereocenters. The lowest BCUT2D eigenvalue weighted by Crippen LogP contribution is -2.13. The van der Waals surface area contributed by atoms with Gasteiger partial charge in [-0.3, -0.25) is 9.78 Å². The van der Waals surface area contributed by atoms with E-state index in [-0.39, 0.29) is 5.91 Å². The van der Waals surface area contributed by atoms with Crippen molar-refractivity contribution in [3.05, 3.63) is 65.1 Å². The van der Waals surface area contributed by atoms with Crippen molar-refractivity contribution in [2.24, 2.45) is 0 Å². The molecule has 0 radical (unpaired) electrons. The second-order valence-electron chi connectivity index (χ2n) is 4.64. The van der Waals surface area contributed by atoms with E-state index in [4.69, 9.17) is 16.1 Å². The Labute approximate surface area is 131 Å². The molecule has 0 bridgehead atoms. The molecular weight excluding hydrogens is 302 g/mol. The lowest BCUT2D eigenvalue weighted by atomic mass is 10.1. The van der Waals surface area contributed by atoms with Crippen LogP contribution >= 0.6 is 11.6 Å². The van der Waals surface area contributed by atoms with Crippen LogP contribution in [0.25, 0.3) is 11.3 Å². The number of amides is 1. The Morgan fingerprint density at radius 3 is 2.77 bits per heavy atom. The van der Waals surface area contributed by atoms with Gasteiger partial charge in [0.05, 0.1) is 10.7 Å². The van der Waals surface area contributed by atoms with Gasteiger partial charge in [-0.2, -0.15) is 0 Å². The maximum Gasteiger partial charge on any atom is 0.261 e. The average Bonchev–Trinajstić information content (AvgIpc) is 2.92. The van der Waals surface area contributed by atoms with E-state index in [1.807, 2.05) is 6.07 Å². The first-order chi connectivity index (χ1) is 10.7. The zero-order valence-electron chi connectivity index (χ0n) is 11.7. The fourth-order valence-electron chi connectivity index (χ4n) is 2.09. The van der Waals surface area contributed by atoms with Crippen molar-refractivity contribution in [3.63, 3.8) is 0 Å². The second-order valence-corrected chi connectivity index (χ2v) is 5.05. The topological polar surface area (TPSA) is 68.0 Å². The number of halogens is 1. The Morgan fingerprint density at radius 2 is 2.05 bits per heavy atom. The fourth-order valence-corrected chi connectivity index (χ4v) is 2.27. The summed E-state index contributed by atoms with van der Waals surface area (Å²) in [5.74, 6) is 0.106. The molecule has 0 saturated carbocycles. The largest absolute Gasteiger partial charge is 0.360 e. The predicted octanol–water partition coefficient (Wildman–Crippen LogP) is 3.95. The molecule has 3 aromatic rings. The first kappa shape index (κ1) is 14.3. The number of carbonyl (C=O) groups is 1. The summed E-state index contributed by atoms with van der Waals surface area (Å²) in [6.45, 7) is 1.69. The molecule has 0 saturated heterocycles. The van der Waals surface area contributed by atoms with Gasteiger partial charge < -0.3 is 9.84 Å². The first-order valence-electron chi connectivity index (χ1n) is 6.59. The summed E-state index contributed by atoms with van der Waals surface area (Å²) in [5.41, 5.74) is 2.07. The van der Waals surface area contributed by atoms with Gasteiger partial charge in [-0.1, -0.05) is 28.9 Å². The highest BCUT2D eigenvalue weighted by atomic mass is 35.5. The van der Waals surface area contributed by atoms with Crippen molar-refractivity contribution in [2.45, 2.75) is 6.92 Å². The minimum atomic E-state index is -0.328. The van der Waals surface area contributed by atoms with Crippen molar-refractivity contribution >= 4 is 23.2 Å². The Morgan fingerprint density at radius 1 is 1.23 bits per heavy atom. The maximum atomic E-state index is 12.6. The molecule has 3 rings (SSSR count). The lowest BCUT2D eigenvalue weighted by Gasteiger charge is -2.07. The number of rotatable bonds is 3. The third-order valence-corrected chi connectivity index (χ3v) is 3.48. The molecule has 1 aromatic carbocycles. The molecule has 1 amide bonds. The van der Waals surface area contributed by atoms with Crippen LogP contribution in [-0.2, 0) is 0 Å². The number of pyridine rings is 1. The number of para-hydroxylation sites is 1. The molecule has 0 fully saturated rings. The van der Waals surface area contributed by atoms with Crippen molar-refractivity contribution in [1.29, 1.82) is 0 Å². The van der Waals surface area contributed by atoms with E-state index in [2.05, 4.69) is 15.5 Å². The van der Waals surface area contributed by atoms with Crippen molar-refractivity contribution < 1.29 is 9.32 Å². The summed E-state index contributed by atoms with van der Waals surface area (Å²) in [5, 5.41) is 7.20. The van der Waals surface area contributed by atoms with E-state index in [0.29, 0.717) is 33.3 Å². The quantitative estimate of drug-likeness (QED) is 0.795. The SMILES string of the molecule is Cc1onc(-c2cccnc2)c1C(=O)Nc1ccccc1Cl. The third kappa shape index (κ3) is 2.71. The number of aryl methyl sites for hydroxylation is 1. The van der Waals surface area contributed by atoms with Crippen LogP contribution in [0.2, 0.25) is 5.02 Å². The lowest BCUT2D eigenvalue weighted by molar-refractivity contribution is 0.102. The van der Waals surface area contributed by atoms with Crippen LogP contribution in [0.3, 0.4) is 0 Å². The molecule has 5 nitrogen and oxygen atoms in total. The molecule has 0 aliphatic carbocycles. The zero-order chi connectivity index (χ0) is 15.5. The molecule has 1 N–H and O–H groups in total. The Bertz CT molecular complexity index is 815. The number of anilines is 1. The predicted molar refractivity (Wildman–Crippen MR) is 83.9 cm³/mol. The number of hydrogen-bond donors (Lipinski definition) is 1. The number of nitrogens with one attached hydrogen (secondary N) is 1. The third-order valence-electron chi connectivity index (χ3n) is 3.15. The second kappa shape index (κ2) is 5.99. The number of carbonyl (C=O) groups excluding carboxylic acids is 1. The summed E-state index contributed by atoms with van der Waals surface area (Å²) >= 11 is 6.06. The smallest absolute Gasteiger partial charge is 0.261 e. The van der Waals surface area contributed by atoms with Crippen LogP contribution < -0.4 is 5.32 Å². The Balaban J connectivity index is 1.97. The molecule has 0 atom stereocenters. The zero-order valence-corrected chi connectivity index (χ0v) is 12.5. The molecule has 6 heteroatoms. The van der Waals surface area contributed by atoms with Gasteiger partial charge in [-0.25, -0.2) is 0 Å². The molecule has 0 aliphatic rings. The van der Waals surface area contributed by atoms with Crippen LogP contribution in [0.1, 0.15) is 16.1 Å². The first-order valence-corrected chi connectivity index (χ1v) is 6.97. The van der Waals surface area contributed by atoms with Crippen molar-refractivity contribution in [3.8, 4) is 11.3 Å². The fraction of sp³-hybridized carbons (Fsp3) is 0.0625. The van der Waals surface area contributed by atoms with Crippen LogP contribution in [0.15, 0.2) is 53.3 Å². The summed E-state index contributed by atoms with van der Waals surface area (Å²) in [4.78, 5) is 16.6.